The first kappa shape index (κ1) is 13.3. The van der Waals surface area contributed by atoms with E-state index in [2.05, 4.69) is 21.2 Å². The summed E-state index contributed by atoms with van der Waals surface area (Å²) in [5, 5.41) is 11.5. The lowest BCUT2D eigenvalue weighted by Gasteiger charge is -2.09. The minimum absolute atomic E-state index is 0.292. The number of nitriles is 1. The van der Waals surface area contributed by atoms with Gasteiger partial charge >= 0.3 is 6.09 Å². The van der Waals surface area contributed by atoms with E-state index in [1.54, 1.807) is 13.0 Å². The largest absolute Gasteiger partial charge is 0.450 e. The van der Waals surface area contributed by atoms with Gasteiger partial charge in [-0.15, -0.1) is 0 Å². The molecule has 16 heavy (non-hydrogen) atoms. The minimum atomic E-state index is -0.556. The molecule has 1 aromatic carbocycles. The summed E-state index contributed by atoms with van der Waals surface area (Å²) in [5.41, 5.74) is 0.872. The van der Waals surface area contributed by atoms with Crippen LogP contribution in [0.4, 0.5) is 10.5 Å². The average molecular weight is 395 g/mol. The van der Waals surface area contributed by atoms with Gasteiger partial charge in [0, 0.05) is 8.04 Å². The van der Waals surface area contributed by atoms with Crippen molar-refractivity contribution in [1.82, 2.24) is 0 Å². The molecule has 1 aromatic rings. The zero-order valence-electron chi connectivity index (χ0n) is 8.38. The maximum Gasteiger partial charge on any atom is 0.411 e. The fourth-order valence-corrected chi connectivity index (χ4v) is 2.70. The van der Waals surface area contributed by atoms with Crippen LogP contribution >= 0.6 is 38.5 Å². The molecule has 4 nitrogen and oxygen atoms in total. The van der Waals surface area contributed by atoms with Crippen LogP contribution in [0.15, 0.2) is 16.6 Å². The Hall–Kier alpha value is -0.810. The number of hydrogen-bond acceptors (Lipinski definition) is 3. The second-order valence-corrected chi connectivity index (χ2v) is 4.85. The van der Waals surface area contributed by atoms with Gasteiger partial charge < -0.3 is 4.74 Å². The van der Waals surface area contributed by atoms with Crippen molar-refractivity contribution in [3.8, 4) is 6.07 Å². The Morgan fingerprint density at radius 2 is 2.38 bits per heavy atom. The van der Waals surface area contributed by atoms with E-state index in [-0.39, 0.29) is 0 Å². The predicted octanol–water partition coefficient (Wildman–Crippen LogP) is 3.49. The van der Waals surface area contributed by atoms with E-state index in [9.17, 15) is 4.79 Å². The number of nitrogens with zero attached hydrogens (tertiary/aromatic N) is 1. The lowest BCUT2D eigenvalue weighted by Crippen LogP contribution is -2.15. The Morgan fingerprint density at radius 1 is 1.69 bits per heavy atom. The average Bonchev–Trinajstić information content (AvgIpc) is 2.22. The fraction of sp³-hybridized carbons (Fsp3) is 0.200. The van der Waals surface area contributed by atoms with Crippen LogP contribution in [0.1, 0.15) is 12.5 Å². The number of rotatable bonds is 2. The van der Waals surface area contributed by atoms with Crippen molar-refractivity contribution in [3.05, 3.63) is 25.7 Å². The molecule has 1 N–H and O–H groups in total. The Kier molecular flexibility index (Phi) is 5.02. The molecule has 84 valence electrons. The van der Waals surface area contributed by atoms with Crippen molar-refractivity contribution in [2.45, 2.75) is 6.92 Å². The Bertz CT molecular complexity index is 457. The number of ether oxygens (including phenoxy) is 1. The summed E-state index contributed by atoms with van der Waals surface area (Å²) >= 11 is 5.33. The van der Waals surface area contributed by atoms with Crippen molar-refractivity contribution in [2.24, 2.45) is 0 Å². The third-order valence-electron chi connectivity index (χ3n) is 1.68. The van der Waals surface area contributed by atoms with Crippen molar-refractivity contribution in [2.75, 3.05) is 11.9 Å². The third-order valence-corrected chi connectivity index (χ3v) is 2.99. The summed E-state index contributed by atoms with van der Waals surface area (Å²) in [6, 6.07) is 5.47. The molecule has 0 unspecified atom stereocenters. The fourth-order valence-electron chi connectivity index (χ4n) is 1.06. The highest BCUT2D eigenvalue weighted by atomic mass is 127. The van der Waals surface area contributed by atoms with Gasteiger partial charge in [0.05, 0.1) is 17.9 Å². The van der Waals surface area contributed by atoms with E-state index in [4.69, 9.17) is 10.00 Å². The van der Waals surface area contributed by atoms with E-state index in [0.717, 1.165) is 8.04 Å². The second-order valence-electron chi connectivity index (χ2n) is 2.77. The normalized spacial score (nSPS) is 9.38. The summed E-state index contributed by atoms with van der Waals surface area (Å²) < 4.78 is 6.32. The lowest BCUT2D eigenvalue weighted by atomic mass is 10.2. The van der Waals surface area contributed by atoms with Crippen LogP contribution in [0.2, 0.25) is 0 Å². The molecular formula is C10H8BrIN2O2. The van der Waals surface area contributed by atoms with Gasteiger partial charge in [0.2, 0.25) is 0 Å². The molecule has 0 saturated heterocycles. The van der Waals surface area contributed by atoms with Crippen molar-refractivity contribution in [1.29, 1.82) is 5.26 Å². The molecule has 6 heteroatoms. The van der Waals surface area contributed by atoms with E-state index < -0.39 is 6.09 Å². The number of nitrogens with one attached hydrogen (secondary N) is 1. The van der Waals surface area contributed by atoms with Crippen LogP contribution in [0.25, 0.3) is 0 Å². The maximum atomic E-state index is 11.3. The van der Waals surface area contributed by atoms with Crippen LogP contribution in [0.3, 0.4) is 0 Å². The van der Waals surface area contributed by atoms with E-state index in [1.807, 2.05) is 34.7 Å². The minimum Gasteiger partial charge on any atom is -0.450 e. The number of hydrogen-bond donors (Lipinski definition) is 1. The first-order chi connectivity index (χ1) is 7.58. The van der Waals surface area contributed by atoms with Crippen LogP contribution in [0.5, 0.6) is 0 Å². The molecule has 0 aliphatic heterocycles. The molecule has 0 saturated carbocycles. The van der Waals surface area contributed by atoms with Crippen LogP contribution < -0.4 is 5.32 Å². The second kappa shape index (κ2) is 6.06. The van der Waals surface area contributed by atoms with E-state index in [0.29, 0.717) is 17.9 Å². The maximum absolute atomic E-state index is 11.3. The first-order valence-electron chi connectivity index (χ1n) is 4.41. The quantitative estimate of drug-likeness (QED) is 0.781. The topological polar surface area (TPSA) is 62.1 Å². The van der Waals surface area contributed by atoms with Gasteiger partial charge in [-0.3, -0.25) is 5.32 Å². The standard InChI is InChI=1S/C10H8BrIN2O2/c1-2-16-10(15)14-9-6(5-13)3-7(11)4-8(9)12/h3-4H,2H2,1H3,(H,14,15). The van der Waals surface area contributed by atoms with Crippen LogP contribution in [0, 0.1) is 14.9 Å². The molecule has 0 atom stereocenters. The van der Waals surface area contributed by atoms with Crippen LogP contribution in [-0.2, 0) is 4.74 Å². The Labute approximate surface area is 115 Å². The predicted molar refractivity (Wildman–Crippen MR) is 72.2 cm³/mol. The lowest BCUT2D eigenvalue weighted by molar-refractivity contribution is 0.168. The summed E-state index contributed by atoms with van der Waals surface area (Å²) in [5.74, 6) is 0. The SMILES string of the molecule is CCOC(=O)Nc1c(I)cc(Br)cc1C#N. The molecule has 0 aliphatic carbocycles. The molecule has 1 amide bonds. The van der Waals surface area contributed by atoms with Gasteiger partial charge in [-0.25, -0.2) is 4.79 Å². The molecule has 1 rings (SSSR count). The van der Waals surface area contributed by atoms with E-state index in [1.165, 1.54) is 0 Å². The highest BCUT2D eigenvalue weighted by Gasteiger charge is 2.11. The number of amides is 1. The Balaban J connectivity index is 3.04. The van der Waals surface area contributed by atoms with Crippen LogP contribution in [-0.4, -0.2) is 12.7 Å². The number of anilines is 1. The van der Waals surface area contributed by atoms with E-state index >= 15 is 0 Å². The van der Waals surface area contributed by atoms with Gasteiger partial charge in [0.15, 0.2) is 0 Å². The van der Waals surface area contributed by atoms with Gasteiger partial charge in [-0.2, -0.15) is 5.26 Å². The molecule has 0 heterocycles. The molecule has 0 aromatic heterocycles. The summed E-state index contributed by atoms with van der Waals surface area (Å²) in [7, 11) is 0. The number of halogens is 2. The smallest absolute Gasteiger partial charge is 0.411 e. The van der Waals surface area contributed by atoms with Crippen molar-refractivity contribution < 1.29 is 9.53 Å². The number of carbonyl (C=O) groups excluding carboxylic acids is 1. The van der Waals surface area contributed by atoms with Gasteiger partial charge in [-0.05, 0) is 41.6 Å². The molecule has 0 aliphatic rings. The van der Waals surface area contributed by atoms with Gasteiger partial charge in [-0.1, -0.05) is 15.9 Å². The zero-order chi connectivity index (χ0) is 12.1. The van der Waals surface area contributed by atoms with Crippen molar-refractivity contribution >= 4 is 50.3 Å². The molecule has 0 radical (unpaired) electrons. The summed E-state index contributed by atoms with van der Waals surface area (Å²) in [4.78, 5) is 11.3. The molecule has 0 spiro atoms. The summed E-state index contributed by atoms with van der Waals surface area (Å²) in [6.07, 6.45) is -0.556. The number of carbonyl (C=O) groups is 1. The zero-order valence-corrected chi connectivity index (χ0v) is 12.1. The highest BCUT2D eigenvalue weighted by molar-refractivity contribution is 14.1. The first-order valence-corrected chi connectivity index (χ1v) is 6.28. The highest BCUT2D eigenvalue weighted by Crippen LogP contribution is 2.27. The third kappa shape index (κ3) is 3.35. The Morgan fingerprint density at radius 3 is 2.94 bits per heavy atom. The molecule has 0 fully saturated rings. The molecular weight excluding hydrogens is 387 g/mol. The monoisotopic (exact) mass is 394 g/mol. The number of benzene rings is 1. The van der Waals surface area contributed by atoms with Gasteiger partial charge in [0.25, 0.3) is 0 Å². The van der Waals surface area contributed by atoms with Crippen molar-refractivity contribution in [3.63, 3.8) is 0 Å². The summed E-state index contributed by atoms with van der Waals surface area (Å²) in [6.45, 7) is 2.01. The van der Waals surface area contributed by atoms with Gasteiger partial charge in [0.1, 0.15) is 6.07 Å². The molecule has 0 bridgehead atoms.